The highest BCUT2D eigenvalue weighted by Crippen LogP contribution is 2.32. The van der Waals surface area contributed by atoms with Crippen LogP contribution in [0.2, 0.25) is 0 Å². The lowest BCUT2D eigenvalue weighted by Crippen LogP contribution is -2.44. The van der Waals surface area contributed by atoms with Crippen molar-refractivity contribution in [3.8, 4) is 11.5 Å². The van der Waals surface area contributed by atoms with E-state index >= 15 is 0 Å². The van der Waals surface area contributed by atoms with Gasteiger partial charge in [-0.3, -0.25) is 9.10 Å². The molecule has 0 aromatic heterocycles. The summed E-state index contributed by atoms with van der Waals surface area (Å²) in [7, 11) is -1.03. The zero-order valence-corrected chi connectivity index (χ0v) is 18.9. The van der Waals surface area contributed by atoms with Crippen LogP contribution in [0.3, 0.4) is 0 Å². The van der Waals surface area contributed by atoms with E-state index in [1.807, 2.05) is 0 Å². The summed E-state index contributed by atoms with van der Waals surface area (Å²) in [5, 5.41) is 3.03. The van der Waals surface area contributed by atoms with Gasteiger partial charge in [-0.15, -0.1) is 0 Å². The molecule has 8 heteroatoms. The Balaban J connectivity index is 1.91. The zero-order chi connectivity index (χ0) is 22.3. The first-order valence-corrected chi connectivity index (χ1v) is 12.0. The lowest BCUT2D eigenvalue weighted by molar-refractivity contribution is -0.120. The minimum Gasteiger partial charge on any atom is -0.497 e. The van der Waals surface area contributed by atoms with Crippen LogP contribution in [-0.4, -0.2) is 41.1 Å². The van der Waals surface area contributed by atoms with Gasteiger partial charge in [0, 0.05) is 6.04 Å². The summed E-state index contributed by atoms with van der Waals surface area (Å²) < 4.78 is 38.7. The number of para-hydroxylation sites is 2. The van der Waals surface area contributed by atoms with E-state index in [0.717, 1.165) is 30.0 Å². The molecule has 0 saturated heterocycles. The number of amides is 1. The van der Waals surface area contributed by atoms with E-state index in [4.69, 9.17) is 9.47 Å². The molecule has 1 saturated carbocycles. The summed E-state index contributed by atoms with van der Waals surface area (Å²) in [6.45, 7) is -0.328. The van der Waals surface area contributed by atoms with Gasteiger partial charge in [-0.2, -0.15) is 0 Å². The molecule has 7 nitrogen and oxygen atoms in total. The normalized spacial score (nSPS) is 15.0. The molecule has 0 heterocycles. The van der Waals surface area contributed by atoms with E-state index in [0.29, 0.717) is 17.2 Å². The Labute approximate surface area is 184 Å². The summed E-state index contributed by atoms with van der Waals surface area (Å²) in [6.07, 6.45) is 6.34. The lowest BCUT2D eigenvalue weighted by atomic mass is 10.1. The number of anilines is 1. The number of benzene rings is 2. The van der Waals surface area contributed by atoms with E-state index in [-0.39, 0.29) is 23.4 Å². The van der Waals surface area contributed by atoms with Crippen molar-refractivity contribution in [3.63, 3.8) is 0 Å². The van der Waals surface area contributed by atoms with Gasteiger partial charge in [-0.05, 0) is 49.2 Å². The van der Waals surface area contributed by atoms with Crippen molar-refractivity contribution in [2.24, 2.45) is 0 Å². The van der Waals surface area contributed by atoms with Crippen molar-refractivity contribution < 1.29 is 22.7 Å². The number of hydrogen-bond acceptors (Lipinski definition) is 5. The topological polar surface area (TPSA) is 84.9 Å². The molecular formula is C23H30N2O5S. The van der Waals surface area contributed by atoms with E-state index in [1.54, 1.807) is 36.4 Å². The van der Waals surface area contributed by atoms with Gasteiger partial charge in [0.15, 0.2) is 0 Å². The van der Waals surface area contributed by atoms with Crippen LogP contribution in [0.1, 0.15) is 38.5 Å². The van der Waals surface area contributed by atoms with Gasteiger partial charge in [0.1, 0.15) is 18.0 Å². The van der Waals surface area contributed by atoms with Crippen LogP contribution >= 0.6 is 0 Å². The Morgan fingerprint density at radius 2 is 1.61 bits per heavy atom. The minimum absolute atomic E-state index is 0.0708. The van der Waals surface area contributed by atoms with Crippen LogP contribution in [0.15, 0.2) is 53.4 Å². The molecular weight excluding hydrogens is 416 g/mol. The second-order valence-corrected chi connectivity index (χ2v) is 9.48. The van der Waals surface area contributed by atoms with Crippen molar-refractivity contribution in [1.82, 2.24) is 5.32 Å². The van der Waals surface area contributed by atoms with E-state index < -0.39 is 10.0 Å². The number of ether oxygens (including phenoxy) is 2. The maximum Gasteiger partial charge on any atom is 0.264 e. The number of carbonyl (C=O) groups excluding carboxylic acids is 1. The lowest BCUT2D eigenvalue weighted by Gasteiger charge is -2.26. The molecule has 0 unspecified atom stereocenters. The number of nitrogens with zero attached hydrogens (tertiary/aromatic N) is 1. The van der Waals surface area contributed by atoms with Crippen molar-refractivity contribution in [1.29, 1.82) is 0 Å². The zero-order valence-electron chi connectivity index (χ0n) is 18.0. The first kappa shape index (κ1) is 22.9. The van der Waals surface area contributed by atoms with Crippen LogP contribution in [-0.2, 0) is 14.8 Å². The SMILES string of the molecule is COc1ccc(S(=O)(=O)N(CC(=O)NC2CCCCCC2)c2ccccc2OC)cc1. The van der Waals surface area contributed by atoms with Gasteiger partial charge >= 0.3 is 0 Å². The molecule has 2 aromatic carbocycles. The highest BCUT2D eigenvalue weighted by molar-refractivity contribution is 7.92. The molecule has 1 amide bonds. The second-order valence-electron chi connectivity index (χ2n) is 7.62. The molecule has 1 fully saturated rings. The standard InChI is InChI=1S/C23H30N2O5S/c1-29-19-13-15-20(16-14-19)31(27,28)25(21-11-7-8-12-22(21)30-2)17-23(26)24-18-9-5-3-4-6-10-18/h7-8,11-16,18H,3-6,9-10,17H2,1-2H3,(H,24,26). The summed E-state index contributed by atoms with van der Waals surface area (Å²) in [5.74, 6) is 0.602. The number of methoxy groups -OCH3 is 2. The molecule has 1 N–H and O–H groups in total. The monoisotopic (exact) mass is 446 g/mol. The largest absolute Gasteiger partial charge is 0.497 e. The van der Waals surface area contributed by atoms with E-state index in [2.05, 4.69) is 5.32 Å². The summed E-state index contributed by atoms with van der Waals surface area (Å²) >= 11 is 0. The Morgan fingerprint density at radius 1 is 0.968 bits per heavy atom. The predicted octanol–water partition coefficient (Wildman–Crippen LogP) is 3.74. The van der Waals surface area contributed by atoms with Crippen LogP contribution in [0.4, 0.5) is 5.69 Å². The number of nitrogens with one attached hydrogen (secondary N) is 1. The molecule has 0 aliphatic heterocycles. The van der Waals surface area contributed by atoms with Gasteiger partial charge in [0.25, 0.3) is 10.0 Å². The van der Waals surface area contributed by atoms with Gasteiger partial charge in [-0.1, -0.05) is 37.8 Å². The van der Waals surface area contributed by atoms with Gasteiger partial charge in [0.05, 0.1) is 24.8 Å². The molecule has 1 aliphatic rings. The highest BCUT2D eigenvalue weighted by Gasteiger charge is 2.30. The highest BCUT2D eigenvalue weighted by atomic mass is 32.2. The quantitative estimate of drug-likeness (QED) is 0.625. The number of rotatable bonds is 8. The summed E-state index contributed by atoms with van der Waals surface area (Å²) in [6, 6.07) is 13.0. The summed E-state index contributed by atoms with van der Waals surface area (Å²) in [5.41, 5.74) is 0.317. The molecule has 0 bridgehead atoms. The molecule has 31 heavy (non-hydrogen) atoms. The molecule has 0 spiro atoms. The van der Waals surface area contributed by atoms with Crippen molar-refractivity contribution in [3.05, 3.63) is 48.5 Å². The van der Waals surface area contributed by atoms with Crippen LogP contribution < -0.4 is 19.1 Å². The van der Waals surface area contributed by atoms with E-state index in [9.17, 15) is 13.2 Å². The fraction of sp³-hybridized carbons (Fsp3) is 0.435. The Morgan fingerprint density at radius 3 is 2.23 bits per heavy atom. The predicted molar refractivity (Wildman–Crippen MR) is 120 cm³/mol. The summed E-state index contributed by atoms with van der Waals surface area (Å²) in [4.78, 5) is 13.0. The molecule has 2 aromatic rings. The van der Waals surface area contributed by atoms with Crippen molar-refractivity contribution in [2.75, 3.05) is 25.1 Å². The first-order valence-electron chi connectivity index (χ1n) is 10.5. The van der Waals surface area contributed by atoms with Gasteiger partial charge in [0.2, 0.25) is 5.91 Å². The Bertz CT molecular complexity index is 968. The molecule has 3 rings (SSSR count). The number of carbonyl (C=O) groups is 1. The first-order chi connectivity index (χ1) is 15.0. The smallest absolute Gasteiger partial charge is 0.264 e. The third kappa shape index (κ3) is 5.70. The average Bonchev–Trinajstić information content (AvgIpc) is 3.06. The van der Waals surface area contributed by atoms with Crippen molar-refractivity contribution in [2.45, 2.75) is 49.5 Å². The average molecular weight is 447 g/mol. The van der Waals surface area contributed by atoms with Gasteiger partial charge in [-0.25, -0.2) is 8.42 Å². The van der Waals surface area contributed by atoms with Gasteiger partial charge < -0.3 is 14.8 Å². The fourth-order valence-corrected chi connectivity index (χ4v) is 5.27. The molecule has 0 atom stereocenters. The third-order valence-electron chi connectivity index (χ3n) is 5.51. The molecule has 168 valence electrons. The Hall–Kier alpha value is -2.74. The van der Waals surface area contributed by atoms with Crippen LogP contribution in [0.25, 0.3) is 0 Å². The van der Waals surface area contributed by atoms with Crippen LogP contribution in [0.5, 0.6) is 11.5 Å². The number of sulfonamides is 1. The second kappa shape index (κ2) is 10.5. The minimum atomic E-state index is -4.02. The fourth-order valence-electron chi connectivity index (χ4n) is 3.84. The maximum absolute atomic E-state index is 13.5. The Kier molecular flexibility index (Phi) is 7.79. The van der Waals surface area contributed by atoms with E-state index in [1.165, 1.54) is 39.2 Å². The van der Waals surface area contributed by atoms with Crippen molar-refractivity contribution >= 4 is 21.6 Å². The van der Waals surface area contributed by atoms with Crippen LogP contribution in [0, 0.1) is 0 Å². The third-order valence-corrected chi connectivity index (χ3v) is 7.28. The maximum atomic E-state index is 13.5. The molecule has 1 aliphatic carbocycles. The number of hydrogen-bond donors (Lipinski definition) is 1. The molecule has 0 radical (unpaired) electrons.